The lowest BCUT2D eigenvalue weighted by Gasteiger charge is -2.18. The number of nitrogens with one attached hydrogen (secondary N) is 1. The molecule has 0 saturated heterocycles. The smallest absolute Gasteiger partial charge is 0.122 e. The number of aryl methyl sites for hydroxylation is 1. The molecule has 1 aromatic rings. The van der Waals surface area contributed by atoms with Crippen molar-refractivity contribution in [1.29, 1.82) is 0 Å². The Kier molecular flexibility index (Phi) is 3.11. The minimum atomic E-state index is 0.178. The number of anilines is 1. The van der Waals surface area contributed by atoms with Crippen LogP contribution in [0.4, 0.5) is 5.69 Å². The highest BCUT2D eigenvalue weighted by molar-refractivity contribution is 5.51. The Labute approximate surface area is 90.6 Å². The monoisotopic (exact) mass is 206 g/mol. The van der Waals surface area contributed by atoms with Crippen molar-refractivity contribution in [2.75, 3.05) is 18.5 Å². The second-order valence-electron chi connectivity index (χ2n) is 4.13. The van der Waals surface area contributed by atoms with Gasteiger partial charge in [0.1, 0.15) is 5.75 Å². The van der Waals surface area contributed by atoms with Crippen LogP contribution < -0.4 is 15.8 Å². The summed E-state index contributed by atoms with van der Waals surface area (Å²) in [6.07, 6.45) is 2.23. The van der Waals surface area contributed by atoms with Gasteiger partial charge in [0.2, 0.25) is 0 Å². The van der Waals surface area contributed by atoms with E-state index in [0.717, 1.165) is 37.4 Å². The fourth-order valence-electron chi connectivity index (χ4n) is 1.75. The Bertz CT molecular complexity index is 336. The van der Waals surface area contributed by atoms with Crippen LogP contribution in [-0.4, -0.2) is 19.2 Å². The van der Waals surface area contributed by atoms with Gasteiger partial charge in [-0.3, -0.25) is 0 Å². The zero-order chi connectivity index (χ0) is 10.7. The molecule has 0 aliphatic carbocycles. The van der Waals surface area contributed by atoms with Crippen LogP contribution in [-0.2, 0) is 6.42 Å². The number of rotatable bonds is 3. The van der Waals surface area contributed by atoms with E-state index >= 15 is 0 Å². The van der Waals surface area contributed by atoms with Crippen molar-refractivity contribution < 1.29 is 4.74 Å². The SMILES string of the molecule is CC(N)CNc1ccc2c(c1)CCCO2. The van der Waals surface area contributed by atoms with Gasteiger partial charge in [-0.1, -0.05) is 0 Å². The van der Waals surface area contributed by atoms with E-state index in [1.165, 1.54) is 5.56 Å². The van der Waals surface area contributed by atoms with Gasteiger partial charge in [0.05, 0.1) is 6.61 Å². The molecule has 2 rings (SSSR count). The number of benzene rings is 1. The molecule has 3 heteroatoms. The molecule has 1 aliphatic heterocycles. The first-order valence-electron chi connectivity index (χ1n) is 5.51. The summed E-state index contributed by atoms with van der Waals surface area (Å²) in [5.74, 6) is 1.03. The Morgan fingerprint density at radius 2 is 2.40 bits per heavy atom. The first kappa shape index (κ1) is 10.3. The predicted octanol–water partition coefficient (Wildman–Crippen LogP) is 1.77. The molecule has 0 fully saturated rings. The highest BCUT2D eigenvalue weighted by atomic mass is 16.5. The van der Waals surface area contributed by atoms with Crippen LogP contribution in [0.25, 0.3) is 0 Å². The minimum absolute atomic E-state index is 0.178. The van der Waals surface area contributed by atoms with E-state index in [9.17, 15) is 0 Å². The van der Waals surface area contributed by atoms with Crippen LogP contribution in [0.5, 0.6) is 5.75 Å². The molecule has 0 radical (unpaired) electrons. The van der Waals surface area contributed by atoms with E-state index in [2.05, 4.69) is 11.4 Å². The summed E-state index contributed by atoms with van der Waals surface area (Å²) in [7, 11) is 0. The lowest BCUT2D eigenvalue weighted by Crippen LogP contribution is -2.25. The maximum atomic E-state index is 5.69. The second-order valence-corrected chi connectivity index (χ2v) is 4.13. The Hall–Kier alpha value is -1.22. The van der Waals surface area contributed by atoms with Gasteiger partial charge in [-0.15, -0.1) is 0 Å². The molecule has 3 nitrogen and oxygen atoms in total. The highest BCUT2D eigenvalue weighted by Crippen LogP contribution is 2.27. The van der Waals surface area contributed by atoms with Gasteiger partial charge >= 0.3 is 0 Å². The van der Waals surface area contributed by atoms with E-state index in [0.29, 0.717) is 0 Å². The summed E-state index contributed by atoms with van der Waals surface area (Å²) < 4.78 is 5.55. The van der Waals surface area contributed by atoms with E-state index in [1.54, 1.807) is 0 Å². The second kappa shape index (κ2) is 4.53. The Morgan fingerprint density at radius 1 is 1.53 bits per heavy atom. The van der Waals surface area contributed by atoms with Gasteiger partial charge in [0.15, 0.2) is 0 Å². The van der Waals surface area contributed by atoms with Gasteiger partial charge in [-0.05, 0) is 43.5 Å². The summed E-state index contributed by atoms with van der Waals surface area (Å²) in [5, 5.41) is 3.31. The quantitative estimate of drug-likeness (QED) is 0.792. The van der Waals surface area contributed by atoms with Crippen molar-refractivity contribution in [2.45, 2.75) is 25.8 Å². The summed E-state index contributed by atoms with van der Waals surface area (Å²) in [6, 6.07) is 6.43. The van der Waals surface area contributed by atoms with Crippen LogP contribution in [0.1, 0.15) is 18.9 Å². The third kappa shape index (κ3) is 2.63. The number of hydrogen-bond donors (Lipinski definition) is 2. The molecule has 3 N–H and O–H groups in total. The molecule has 15 heavy (non-hydrogen) atoms. The van der Waals surface area contributed by atoms with Crippen LogP contribution in [0.2, 0.25) is 0 Å². The van der Waals surface area contributed by atoms with Crippen molar-refractivity contribution in [1.82, 2.24) is 0 Å². The van der Waals surface area contributed by atoms with E-state index in [1.807, 2.05) is 19.1 Å². The topological polar surface area (TPSA) is 47.3 Å². The summed E-state index contributed by atoms with van der Waals surface area (Å²) in [4.78, 5) is 0. The zero-order valence-corrected chi connectivity index (χ0v) is 9.12. The molecule has 0 spiro atoms. The molecule has 82 valence electrons. The molecule has 1 aromatic carbocycles. The van der Waals surface area contributed by atoms with Crippen molar-refractivity contribution in [3.63, 3.8) is 0 Å². The fourth-order valence-corrected chi connectivity index (χ4v) is 1.75. The largest absolute Gasteiger partial charge is 0.493 e. The van der Waals surface area contributed by atoms with Crippen molar-refractivity contribution in [2.24, 2.45) is 5.73 Å². The summed E-state index contributed by atoms with van der Waals surface area (Å²) in [5.41, 5.74) is 8.13. The van der Waals surface area contributed by atoms with Crippen molar-refractivity contribution in [3.8, 4) is 5.75 Å². The molecular weight excluding hydrogens is 188 g/mol. The third-order valence-corrected chi connectivity index (χ3v) is 2.54. The average Bonchev–Trinajstić information content (AvgIpc) is 2.26. The molecule has 0 amide bonds. The molecule has 1 heterocycles. The minimum Gasteiger partial charge on any atom is -0.493 e. The number of ether oxygens (including phenoxy) is 1. The normalized spacial score (nSPS) is 16.4. The number of fused-ring (bicyclic) bond motifs is 1. The molecule has 0 bridgehead atoms. The maximum Gasteiger partial charge on any atom is 0.122 e. The number of hydrogen-bond acceptors (Lipinski definition) is 3. The van der Waals surface area contributed by atoms with Crippen molar-refractivity contribution >= 4 is 5.69 Å². The molecule has 0 saturated carbocycles. The third-order valence-electron chi connectivity index (χ3n) is 2.54. The zero-order valence-electron chi connectivity index (χ0n) is 9.12. The lowest BCUT2D eigenvalue weighted by atomic mass is 10.1. The van der Waals surface area contributed by atoms with Gasteiger partial charge in [0.25, 0.3) is 0 Å². The molecule has 1 aliphatic rings. The van der Waals surface area contributed by atoms with E-state index in [4.69, 9.17) is 10.5 Å². The van der Waals surface area contributed by atoms with Crippen LogP contribution in [0.15, 0.2) is 18.2 Å². The van der Waals surface area contributed by atoms with Gasteiger partial charge in [-0.2, -0.15) is 0 Å². The Balaban J connectivity index is 2.07. The Morgan fingerprint density at radius 3 is 3.20 bits per heavy atom. The van der Waals surface area contributed by atoms with Crippen LogP contribution in [0, 0.1) is 0 Å². The maximum absolute atomic E-state index is 5.69. The molecule has 0 aromatic heterocycles. The highest BCUT2D eigenvalue weighted by Gasteiger charge is 2.10. The predicted molar refractivity (Wildman–Crippen MR) is 62.4 cm³/mol. The first-order chi connectivity index (χ1) is 7.25. The fraction of sp³-hybridized carbons (Fsp3) is 0.500. The average molecular weight is 206 g/mol. The van der Waals surface area contributed by atoms with E-state index in [-0.39, 0.29) is 6.04 Å². The molecule has 1 unspecified atom stereocenters. The van der Waals surface area contributed by atoms with E-state index < -0.39 is 0 Å². The van der Waals surface area contributed by atoms with Gasteiger partial charge in [-0.25, -0.2) is 0 Å². The van der Waals surface area contributed by atoms with Crippen molar-refractivity contribution in [3.05, 3.63) is 23.8 Å². The molecular formula is C12H18N2O. The van der Waals surface area contributed by atoms with Gasteiger partial charge in [0, 0.05) is 18.3 Å². The summed E-state index contributed by atoms with van der Waals surface area (Å²) >= 11 is 0. The summed E-state index contributed by atoms with van der Waals surface area (Å²) in [6.45, 7) is 3.65. The first-order valence-corrected chi connectivity index (χ1v) is 5.51. The van der Waals surface area contributed by atoms with Crippen LogP contribution in [0.3, 0.4) is 0 Å². The van der Waals surface area contributed by atoms with Crippen LogP contribution >= 0.6 is 0 Å². The molecule has 1 atom stereocenters. The lowest BCUT2D eigenvalue weighted by molar-refractivity contribution is 0.288. The van der Waals surface area contributed by atoms with Gasteiger partial charge < -0.3 is 15.8 Å². The standard InChI is InChI=1S/C12H18N2O/c1-9(13)8-14-11-4-5-12-10(7-11)3-2-6-15-12/h4-5,7,9,14H,2-3,6,8,13H2,1H3. The number of nitrogens with two attached hydrogens (primary N) is 1.